The number of carbonyl (C=O) groups is 1. The second-order valence-electron chi connectivity index (χ2n) is 5.07. The molecule has 1 amide bonds. The first kappa shape index (κ1) is 17.4. The summed E-state index contributed by atoms with van der Waals surface area (Å²) in [6.07, 6.45) is 5.99. The monoisotopic (exact) mass is 313 g/mol. The van der Waals surface area contributed by atoms with Crippen LogP contribution < -0.4 is 10.6 Å². The predicted octanol–water partition coefficient (Wildman–Crippen LogP) is 2.88. The van der Waals surface area contributed by atoms with Crippen LogP contribution in [0.15, 0.2) is 24.3 Å². The first-order chi connectivity index (χ1) is 9.65. The fourth-order valence-corrected chi connectivity index (χ4v) is 2.42. The third-order valence-corrected chi connectivity index (χ3v) is 3.52. The molecule has 1 aromatic carbocycles. The van der Waals surface area contributed by atoms with Gasteiger partial charge in [0.15, 0.2) is 0 Å². The first-order valence-electron chi connectivity index (χ1n) is 6.93. The molecule has 0 spiro atoms. The molecular weight excluding hydrogens is 294 g/mol. The van der Waals surface area contributed by atoms with Gasteiger partial charge in [-0.25, -0.2) is 0 Å². The molecule has 1 fully saturated rings. The Morgan fingerprint density at radius 2 is 1.81 bits per heavy atom. The van der Waals surface area contributed by atoms with Gasteiger partial charge in [0.25, 0.3) is 5.69 Å². The van der Waals surface area contributed by atoms with E-state index in [0.717, 1.165) is 12.8 Å². The summed E-state index contributed by atoms with van der Waals surface area (Å²) in [6, 6.07) is 6.27. The maximum Gasteiger partial charge on any atom is 0.269 e. The zero-order valence-corrected chi connectivity index (χ0v) is 12.5. The molecule has 2 rings (SSSR count). The maximum absolute atomic E-state index is 11.8. The Bertz CT molecular complexity index is 473. The smallest absolute Gasteiger partial charge is 0.269 e. The van der Waals surface area contributed by atoms with Crippen molar-refractivity contribution in [1.82, 2.24) is 5.32 Å². The minimum absolute atomic E-state index is 0. The fourth-order valence-electron chi connectivity index (χ4n) is 2.42. The van der Waals surface area contributed by atoms with Crippen molar-refractivity contribution in [1.29, 1.82) is 0 Å². The van der Waals surface area contributed by atoms with Gasteiger partial charge in [-0.15, -0.1) is 12.4 Å². The van der Waals surface area contributed by atoms with Crippen molar-refractivity contribution in [2.45, 2.75) is 38.1 Å². The normalized spacial score (nSPS) is 15.0. The van der Waals surface area contributed by atoms with Gasteiger partial charge in [-0.3, -0.25) is 14.9 Å². The highest BCUT2D eigenvalue weighted by Crippen LogP contribution is 2.17. The molecule has 6 nitrogen and oxygen atoms in total. The number of nitro groups is 1. The lowest BCUT2D eigenvalue weighted by Crippen LogP contribution is -2.37. The largest absolute Gasteiger partial charge is 0.325 e. The van der Waals surface area contributed by atoms with Gasteiger partial charge >= 0.3 is 0 Å². The highest BCUT2D eigenvalue weighted by molar-refractivity contribution is 5.92. The molecular formula is C14H20ClN3O3. The lowest BCUT2D eigenvalue weighted by Gasteiger charge is -2.22. The molecule has 0 bridgehead atoms. The molecule has 0 saturated heterocycles. The van der Waals surface area contributed by atoms with Gasteiger partial charge in [-0.1, -0.05) is 19.3 Å². The quantitative estimate of drug-likeness (QED) is 0.646. The average Bonchev–Trinajstić information content (AvgIpc) is 2.47. The molecule has 0 aromatic heterocycles. The zero-order chi connectivity index (χ0) is 14.4. The van der Waals surface area contributed by atoms with E-state index >= 15 is 0 Å². The second kappa shape index (κ2) is 8.59. The number of nitrogens with one attached hydrogen (secondary N) is 2. The number of nitro benzene ring substituents is 1. The van der Waals surface area contributed by atoms with Crippen molar-refractivity contribution < 1.29 is 9.72 Å². The van der Waals surface area contributed by atoms with Gasteiger partial charge in [0.05, 0.1) is 11.5 Å². The standard InChI is InChI=1S/C14H19N3O3.ClH/c18-14(10-15-11-4-2-1-3-5-11)16-12-6-8-13(9-7-12)17(19)20;/h6-9,11,15H,1-5,10H2,(H,16,18);1H. The molecule has 7 heteroatoms. The number of amides is 1. The molecule has 0 unspecified atom stereocenters. The van der Waals surface area contributed by atoms with Crippen LogP contribution in [0.25, 0.3) is 0 Å². The van der Waals surface area contributed by atoms with E-state index in [-0.39, 0.29) is 30.5 Å². The summed E-state index contributed by atoms with van der Waals surface area (Å²) in [5, 5.41) is 16.5. The van der Waals surface area contributed by atoms with E-state index in [1.165, 1.54) is 43.5 Å². The minimum Gasteiger partial charge on any atom is -0.325 e. The van der Waals surface area contributed by atoms with Crippen molar-refractivity contribution in [3.8, 4) is 0 Å². The van der Waals surface area contributed by atoms with Crippen LogP contribution in [0, 0.1) is 10.1 Å². The summed E-state index contributed by atoms with van der Waals surface area (Å²) in [5.41, 5.74) is 0.592. The average molecular weight is 314 g/mol. The van der Waals surface area contributed by atoms with Gasteiger partial charge in [0.2, 0.25) is 5.91 Å². The molecule has 0 atom stereocenters. The highest BCUT2D eigenvalue weighted by Gasteiger charge is 2.14. The van der Waals surface area contributed by atoms with Crippen LogP contribution in [0.5, 0.6) is 0 Å². The predicted molar refractivity (Wildman–Crippen MR) is 83.8 cm³/mol. The summed E-state index contributed by atoms with van der Waals surface area (Å²) < 4.78 is 0. The van der Waals surface area contributed by atoms with Crippen LogP contribution in [0.4, 0.5) is 11.4 Å². The van der Waals surface area contributed by atoms with E-state index in [9.17, 15) is 14.9 Å². The number of benzene rings is 1. The van der Waals surface area contributed by atoms with Gasteiger partial charge in [-0.2, -0.15) is 0 Å². The Morgan fingerprint density at radius 3 is 2.38 bits per heavy atom. The van der Waals surface area contributed by atoms with Gasteiger partial charge in [0, 0.05) is 23.9 Å². The van der Waals surface area contributed by atoms with Crippen LogP contribution in [0.3, 0.4) is 0 Å². The Kier molecular flexibility index (Phi) is 7.11. The second-order valence-corrected chi connectivity index (χ2v) is 5.07. The molecule has 0 radical (unpaired) electrons. The molecule has 0 aliphatic heterocycles. The number of rotatable bonds is 5. The van der Waals surface area contributed by atoms with E-state index in [1.54, 1.807) is 0 Å². The van der Waals surface area contributed by atoms with Gasteiger partial charge in [0.1, 0.15) is 0 Å². The van der Waals surface area contributed by atoms with Crippen molar-refractivity contribution in [2.75, 3.05) is 11.9 Å². The lowest BCUT2D eigenvalue weighted by molar-refractivity contribution is -0.384. The summed E-state index contributed by atoms with van der Waals surface area (Å²) in [7, 11) is 0. The molecule has 1 saturated carbocycles. The number of hydrogen-bond donors (Lipinski definition) is 2. The summed E-state index contributed by atoms with van der Waals surface area (Å²) in [4.78, 5) is 21.8. The summed E-state index contributed by atoms with van der Waals surface area (Å²) >= 11 is 0. The Morgan fingerprint density at radius 1 is 1.19 bits per heavy atom. The summed E-state index contributed by atoms with van der Waals surface area (Å²) in [5.74, 6) is -0.121. The lowest BCUT2D eigenvalue weighted by atomic mass is 9.95. The Hall–Kier alpha value is -1.66. The van der Waals surface area contributed by atoms with Crippen LogP contribution in [0.1, 0.15) is 32.1 Å². The topological polar surface area (TPSA) is 84.3 Å². The van der Waals surface area contributed by atoms with E-state index in [0.29, 0.717) is 11.7 Å². The summed E-state index contributed by atoms with van der Waals surface area (Å²) in [6.45, 7) is 0.279. The van der Waals surface area contributed by atoms with Crippen molar-refractivity contribution in [3.63, 3.8) is 0 Å². The van der Waals surface area contributed by atoms with E-state index in [2.05, 4.69) is 10.6 Å². The van der Waals surface area contributed by atoms with Crippen LogP contribution in [-0.4, -0.2) is 23.4 Å². The molecule has 0 heterocycles. The SMILES string of the molecule is Cl.O=C(CNC1CCCCC1)Nc1ccc([N+](=O)[O-])cc1. The van der Waals surface area contributed by atoms with Gasteiger partial charge < -0.3 is 10.6 Å². The molecule has 1 aliphatic carbocycles. The third kappa shape index (κ3) is 5.69. The first-order valence-corrected chi connectivity index (χ1v) is 6.93. The van der Waals surface area contributed by atoms with E-state index in [4.69, 9.17) is 0 Å². The molecule has 1 aromatic rings. The third-order valence-electron chi connectivity index (χ3n) is 3.52. The maximum atomic E-state index is 11.8. The van der Waals surface area contributed by atoms with Crippen molar-refractivity contribution in [3.05, 3.63) is 34.4 Å². The Labute approximate surface area is 129 Å². The molecule has 2 N–H and O–H groups in total. The number of hydrogen-bond acceptors (Lipinski definition) is 4. The van der Waals surface area contributed by atoms with Crippen LogP contribution in [0.2, 0.25) is 0 Å². The fraction of sp³-hybridized carbons (Fsp3) is 0.500. The Balaban J connectivity index is 0.00000220. The van der Waals surface area contributed by atoms with Crippen LogP contribution >= 0.6 is 12.4 Å². The van der Waals surface area contributed by atoms with E-state index < -0.39 is 4.92 Å². The number of non-ortho nitro benzene ring substituents is 1. The van der Waals surface area contributed by atoms with E-state index in [1.807, 2.05) is 0 Å². The minimum atomic E-state index is -0.462. The van der Waals surface area contributed by atoms with Crippen molar-refractivity contribution >= 4 is 29.7 Å². The molecule has 116 valence electrons. The number of carbonyl (C=O) groups excluding carboxylic acids is 1. The van der Waals surface area contributed by atoms with Crippen molar-refractivity contribution in [2.24, 2.45) is 0 Å². The molecule has 21 heavy (non-hydrogen) atoms. The van der Waals surface area contributed by atoms with Crippen LogP contribution in [-0.2, 0) is 4.79 Å². The molecule has 1 aliphatic rings. The number of nitrogens with zero attached hydrogens (tertiary/aromatic N) is 1. The number of halogens is 1. The zero-order valence-electron chi connectivity index (χ0n) is 11.7. The number of anilines is 1. The highest BCUT2D eigenvalue weighted by atomic mass is 35.5. The van der Waals surface area contributed by atoms with Gasteiger partial charge in [-0.05, 0) is 25.0 Å².